The Hall–Kier alpha value is -1.58. The second-order valence-electron chi connectivity index (χ2n) is 6.23. The molecule has 1 fully saturated rings. The van der Waals surface area contributed by atoms with Crippen LogP contribution in [0.4, 0.5) is 10.1 Å². The fourth-order valence-electron chi connectivity index (χ4n) is 2.59. The minimum atomic E-state index is -0.359. The maximum atomic E-state index is 13.9. The summed E-state index contributed by atoms with van der Waals surface area (Å²) in [5, 5.41) is 3.03. The Morgan fingerprint density at radius 2 is 2.20 bits per heavy atom. The van der Waals surface area contributed by atoms with Crippen LogP contribution in [0.5, 0.6) is 0 Å². The number of nitrogens with one attached hydrogen (secondary N) is 1. The van der Waals surface area contributed by atoms with E-state index in [1.54, 1.807) is 12.1 Å². The number of hydrogen-bond acceptors (Lipinski definition) is 2. The Morgan fingerprint density at radius 3 is 2.80 bits per heavy atom. The number of halogens is 1. The maximum absolute atomic E-state index is 13.9. The molecule has 0 radical (unpaired) electrons. The third kappa shape index (κ3) is 3.11. The van der Waals surface area contributed by atoms with Crippen LogP contribution in [0, 0.1) is 11.2 Å². The topological polar surface area (TPSA) is 32.3 Å². The molecule has 2 rings (SSSR count). The van der Waals surface area contributed by atoms with Crippen LogP contribution in [0.25, 0.3) is 0 Å². The standard InChI is InChI=1S/C16H23FN2O/c1-4-9-18-14-12(6-5-7-13(14)17)15(20)19-10-8-16(2,3)11-19/h5-7,18H,4,8-11H2,1-3H3. The fourth-order valence-corrected chi connectivity index (χ4v) is 2.59. The summed E-state index contributed by atoms with van der Waals surface area (Å²) in [4.78, 5) is 14.4. The lowest BCUT2D eigenvalue weighted by Gasteiger charge is -2.21. The fraction of sp³-hybridized carbons (Fsp3) is 0.562. The number of anilines is 1. The summed E-state index contributed by atoms with van der Waals surface area (Å²) < 4.78 is 13.9. The summed E-state index contributed by atoms with van der Waals surface area (Å²) in [5.74, 6) is -0.434. The molecular formula is C16H23FN2O. The van der Waals surface area contributed by atoms with Gasteiger partial charge in [0.2, 0.25) is 0 Å². The smallest absolute Gasteiger partial charge is 0.256 e. The van der Waals surface area contributed by atoms with Gasteiger partial charge in [0.1, 0.15) is 5.82 Å². The van der Waals surface area contributed by atoms with Crippen molar-refractivity contribution >= 4 is 11.6 Å². The molecule has 0 bridgehead atoms. The minimum Gasteiger partial charge on any atom is -0.382 e. The van der Waals surface area contributed by atoms with Crippen molar-refractivity contribution in [3.63, 3.8) is 0 Å². The lowest BCUT2D eigenvalue weighted by atomic mass is 9.93. The van der Waals surface area contributed by atoms with E-state index in [1.165, 1.54) is 6.07 Å². The predicted molar refractivity (Wildman–Crippen MR) is 79.5 cm³/mol. The highest BCUT2D eigenvalue weighted by atomic mass is 19.1. The van der Waals surface area contributed by atoms with Crippen LogP contribution in [0.1, 0.15) is 44.0 Å². The zero-order valence-corrected chi connectivity index (χ0v) is 12.5. The molecule has 20 heavy (non-hydrogen) atoms. The average molecular weight is 278 g/mol. The highest BCUT2D eigenvalue weighted by Crippen LogP contribution is 2.31. The van der Waals surface area contributed by atoms with E-state index in [2.05, 4.69) is 19.2 Å². The van der Waals surface area contributed by atoms with Gasteiger partial charge >= 0.3 is 0 Å². The largest absolute Gasteiger partial charge is 0.382 e. The van der Waals surface area contributed by atoms with Crippen molar-refractivity contribution < 1.29 is 9.18 Å². The van der Waals surface area contributed by atoms with Crippen LogP contribution in [-0.4, -0.2) is 30.4 Å². The minimum absolute atomic E-state index is 0.0753. The van der Waals surface area contributed by atoms with Crippen molar-refractivity contribution in [2.45, 2.75) is 33.6 Å². The van der Waals surface area contributed by atoms with Crippen molar-refractivity contribution in [1.29, 1.82) is 0 Å². The van der Waals surface area contributed by atoms with Gasteiger partial charge in [0.05, 0.1) is 11.3 Å². The van der Waals surface area contributed by atoms with Crippen LogP contribution >= 0.6 is 0 Å². The normalized spacial score (nSPS) is 17.3. The summed E-state index contributed by atoms with van der Waals surface area (Å²) in [6.07, 6.45) is 1.88. The zero-order valence-electron chi connectivity index (χ0n) is 12.5. The van der Waals surface area contributed by atoms with Gasteiger partial charge in [-0.2, -0.15) is 0 Å². The Morgan fingerprint density at radius 1 is 1.45 bits per heavy atom. The number of benzene rings is 1. The maximum Gasteiger partial charge on any atom is 0.256 e. The molecule has 0 aliphatic carbocycles. The van der Waals surface area contributed by atoms with Gasteiger partial charge in [-0.1, -0.05) is 26.8 Å². The molecule has 0 saturated carbocycles. The van der Waals surface area contributed by atoms with Crippen LogP contribution in [-0.2, 0) is 0 Å². The number of rotatable bonds is 4. The molecule has 1 aromatic rings. The molecular weight excluding hydrogens is 255 g/mol. The summed E-state index contributed by atoms with van der Waals surface area (Å²) in [6.45, 7) is 8.46. The SMILES string of the molecule is CCCNc1c(F)cccc1C(=O)N1CCC(C)(C)C1. The molecule has 1 saturated heterocycles. The van der Waals surface area contributed by atoms with Crippen molar-refractivity contribution in [3.8, 4) is 0 Å². The molecule has 1 N–H and O–H groups in total. The van der Waals surface area contributed by atoms with Gasteiger partial charge in [0.15, 0.2) is 0 Å². The molecule has 1 heterocycles. The summed E-state index contributed by atoms with van der Waals surface area (Å²) in [5.41, 5.74) is 0.931. The summed E-state index contributed by atoms with van der Waals surface area (Å²) in [6, 6.07) is 4.69. The van der Waals surface area contributed by atoms with E-state index in [-0.39, 0.29) is 17.1 Å². The van der Waals surface area contributed by atoms with E-state index >= 15 is 0 Å². The van der Waals surface area contributed by atoms with Gasteiger partial charge in [-0.25, -0.2) is 4.39 Å². The quantitative estimate of drug-likeness (QED) is 0.914. The first kappa shape index (κ1) is 14.8. The third-order valence-corrected chi connectivity index (χ3v) is 3.76. The molecule has 0 aromatic heterocycles. The van der Waals surface area contributed by atoms with Gasteiger partial charge in [0, 0.05) is 19.6 Å². The summed E-state index contributed by atoms with van der Waals surface area (Å²) in [7, 11) is 0. The van der Waals surface area contributed by atoms with Crippen molar-refractivity contribution in [1.82, 2.24) is 4.90 Å². The van der Waals surface area contributed by atoms with E-state index in [0.29, 0.717) is 17.8 Å². The summed E-state index contributed by atoms with van der Waals surface area (Å²) >= 11 is 0. The Balaban J connectivity index is 2.23. The first-order valence-corrected chi connectivity index (χ1v) is 7.26. The van der Waals surface area contributed by atoms with E-state index in [4.69, 9.17) is 0 Å². The predicted octanol–water partition coefficient (Wildman–Crippen LogP) is 3.52. The van der Waals surface area contributed by atoms with E-state index in [9.17, 15) is 9.18 Å². The van der Waals surface area contributed by atoms with Gasteiger partial charge in [-0.15, -0.1) is 0 Å². The molecule has 1 aliphatic heterocycles. The molecule has 4 heteroatoms. The molecule has 1 aromatic carbocycles. The number of nitrogens with zero attached hydrogens (tertiary/aromatic N) is 1. The monoisotopic (exact) mass is 278 g/mol. The second kappa shape index (κ2) is 5.81. The zero-order chi connectivity index (χ0) is 14.8. The first-order valence-electron chi connectivity index (χ1n) is 7.26. The van der Waals surface area contributed by atoms with Crippen LogP contribution in [0.3, 0.4) is 0 Å². The molecule has 0 spiro atoms. The lowest BCUT2D eigenvalue weighted by Crippen LogP contribution is -2.31. The number of carbonyl (C=O) groups excluding carboxylic acids is 1. The first-order chi connectivity index (χ1) is 9.44. The van der Waals surface area contributed by atoms with Gasteiger partial charge in [0.25, 0.3) is 5.91 Å². The number of amides is 1. The van der Waals surface area contributed by atoms with Gasteiger partial charge in [-0.05, 0) is 30.4 Å². The highest BCUT2D eigenvalue weighted by molar-refractivity contribution is 5.99. The van der Waals surface area contributed by atoms with Crippen LogP contribution < -0.4 is 5.32 Å². The molecule has 1 aliphatic rings. The molecule has 0 unspecified atom stereocenters. The average Bonchev–Trinajstić information content (AvgIpc) is 2.76. The Bertz CT molecular complexity index is 499. The Kier molecular flexibility index (Phi) is 4.31. The number of carbonyl (C=O) groups is 1. The highest BCUT2D eigenvalue weighted by Gasteiger charge is 2.33. The van der Waals surface area contributed by atoms with E-state index in [1.807, 2.05) is 11.8 Å². The molecule has 3 nitrogen and oxygen atoms in total. The van der Waals surface area contributed by atoms with Crippen molar-refractivity contribution in [3.05, 3.63) is 29.6 Å². The third-order valence-electron chi connectivity index (χ3n) is 3.76. The second-order valence-corrected chi connectivity index (χ2v) is 6.23. The molecule has 110 valence electrons. The molecule has 0 atom stereocenters. The van der Waals surface area contributed by atoms with Gasteiger partial charge < -0.3 is 10.2 Å². The van der Waals surface area contributed by atoms with Gasteiger partial charge in [-0.3, -0.25) is 4.79 Å². The van der Waals surface area contributed by atoms with Crippen molar-refractivity contribution in [2.24, 2.45) is 5.41 Å². The van der Waals surface area contributed by atoms with Crippen LogP contribution in [0.2, 0.25) is 0 Å². The van der Waals surface area contributed by atoms with Crippen LogP contribution in [0.15, 0.2) is 18.2 Å². The number of para-hydroxylation sites is 1. The van der Waals surface area contributed by atoms with Crippen molar-refractivity contribution in [2.75, 3.05) is 25.0 Å². The Labute approximate surface area is 120 Å². The number of hydrogen-bond donors (Lipinski definition) is 1. The molecule has 1 amide bonds. The van der Waals surface area contributed by atoms with E-state index in [0.717, 1.165) is 25.9 Å². The number of likely N-dealkylation sites (tertiary alicyclic amines) is 1. The van der Waals surface area contributed by atoms with E-state index < -0.39 is 0 Å². The lowest BCUT2D eigenvalue weighted by molar-refractivity contribution is 0.0779.